The molecule has 7 rings (SSSR count). The number of amides is 1. The maximum atomic E-state index is 13.1. The molecule has 4 saturated carbocycles. The fourth-order valence-electron chi connectivity index (χ4n) is 7.34. The Balaban J connectivity index is 1.16. The summed E-state index contributed by atoms with van der Waals surface area (Å²) in [6.45, 7) is 2.78. The normalized spacial score (nSPS) is 30.1. The summed E-state index contributed by atoms with van der Waals surface area (Å²) >= 11 is 3.94. The highest BCUT2D eigenvalue weighted by Gasteiger charge is 2.60. The number of hydrogen-bond donors (Lipinski definition) is 1. The molecular weight excluding hydrogens is 480 g/mol. The SMILES string of the molecule is CCn1c2ccccc2c2cc(NC(=O)COC(=O)C34C[C@@H]5C[C@H](CC(Br)(C5)C3)C4)ccc21. The van der Waals surface area contributed by atoms with Crippen molar-refractivity contribution < 1.29 is 14.3 Å². The van der Waals surface area contributed by atoms with Crippen LogP contribution in [0.5, 0.6) is 0 Å². The first kappa shape index (κ1) is 21.2. The molecule has 0 aliphatic heterocycles. The predicted octanol–water partition coefficient (Wildman–Crippen LogP) is 6.03. The van der Waals surface area contributed by atoms with Gasteiger partial charge in [0.1, 0.15) is 0 Å². The Morgan fingerprint density at radius 2 is 1.79 bits per heavy atom. The minimum absolute atomic E-state index is 0.0887. The summed E-state index contributed by atoms with van der Waals surface area (Å²) in [7, 11) is 0. The van der Waals surface area contributed by atoms with Gasteiger partial charge in [0, 0.05) is 38.4 Å². The summed E-state index contributed by atoms with van der Waals surface area (Å²) in [5.41, 5.74) is 2.65. The van der Waals surface area contributed by atoms with Gasteiger partial charge in [0.2, 0.25) is 0 Å². The summed E-state index contributed by atoms with van der Waals surface area (Å²) in [5, 5.41) is 5.21. The summed E-state index contributed by atoms with van der Waals surface area (Å²) in [6, 6.07) is 14.3. The lowest BCUT2D eigenvalue weighted by Crippen LogP contribution is -2.56. The number of anilines is 1. The van der Waals surface area contributed by atoms with Gasteiger partial charge in [0.05, 0.1) is 5.41 Å². The van der Waals surface area contributed by atoms with E-state index in [1.165, 1.54) is 17.3 Å². The number of carbonyl (C=O) groups is 2. The van der Waals surface area contributed by atoms with Crippen molar-refractivity contribution >= 4 is 55.3 Å². The molecule has 0 saturated heterocycles. The van der Waals surface area contributed by atoms with Crippen molar-refractivity contribution in [2.45, 2.75) is 56.3 Å². The van der Waals surface area contributed by atoms with Gasteiger partial charge in [-0.15, -0.1) is 0 Å². The lowest BCUT2D eigenvalue weighted by molar-refractivity contribution is -0.170. The molecule has 2 aromatic carbocycles. The molecule has 1 N–H and O–H groups in total. The number of nitrogens with one attached hydrogen (secondary N) is 1. The van der Waals surface area contributed by atoms with Crippen LogP contribution < -0.4 is 5.32 Å². The maximum Gasteiger partial charge on any atom is 0.312 e. The first-order valence-corrected chi connectivity index (χ1v) is 12.8. The van der Waals surface area contributed by atoms with Crippen LogP contribution in [-0.2, 0) is 20.9 Å². The molecule has 5 nitrogen and oxygen atoms in total. The Labute approximate surface area is 202 Å². The third kappa shape index (κ3) is 3.49. The van der Waals surface area contributed by atoms with Gasteiger partial charge in [0.25, 0.3) is 5.91 Å². The number of aryl methyl sites for hydroxylation is 1. The molecule has 2 atom stereocenters. The van der Waals surface area contributed by atoms with Gasteiger partial charge in [-0.1, -0.05) is 34.1 Å². The minimum Gasteiger partial charge on any atom is -0.455 e. The first-order valence-electron chi connectivity index (χ1n) is 12.1. The van der Waals surface area contributed by atoms with Crippen molar-refractivity contribution in [3.8, 4) is 0 Å². The Kier molecular flexibility index (Phi) is 4.88. The third-order valence-electron chi connectivity index (χ3n) is 8.13. The lowest BCUT2D eigenvalue weighted by Gasteiger charge is -2.58. The highest BCUT2D eigenvalue weighted by molar-refractivity contribution is 9.10. The fourth-order valence-corrected chi connectivity index (χ4v) is 8.80. The number of carbonyl (C=O) groups excluding carboxylic acids is 2. The predicted molar refractivity (Wildman–Crippen MR) is 133 cm³/mol. The second kappa shape index (κ2) is 7.59. The van der Waals surface area contributed by atoms with Crippen LogP contribution in [0, 0.1) is 17.3 Å². The summed E-state index contributed by atoms with van der Waals surface area (Å²) in [6.07, 6.45) is 6.22. The Morgan fingerprint density at radius 1 is 1.06 bits per heavy atom. The number of ether oxygens (including phenoxy) is 1. The molecule has 6 heteroatoms. The van der Waals surface area contributed by atoms with Gasteiger partial charge >= 0.3 is 5.97 Å². The first-order chi connectivity index (χ1) is 15.9. The largest absolute Gasteiger partial charge is 0.455 e. The number of aromatic nitrogens is 1. The molecule has 3 aromatic rings. The second-order valence-corrected chi connectivity index (χ2v) is 12.2. The number of esters is 1. The summed E-state index contributed by atoms with van der Waals surface area (Å²) in [5.74, 6) is 0.727. The zero-order valence-electron chi connectivity index (χ0n) is 18.9. The Morgan fingerprint density at radius 3 is 2.52 bits per heavy atom. The number of para-hydroxylation sites is 1. The molecule has 1 amide bonds. The zero-order chi connectivity index (χ0) is 22.8. The van der Waals surface area contributed by atoms with E-state index in [9.17, 15) is 9.59 Å². The quantitative estimate of drug-likeness (QED) is 0.338. The summed E-state index contributed by atoms with van der Waals surface area (Å²) < 4.78 is 7.98. The average molecular weight is 509 g/mol. The highest BCUT2D eigenvalue weighted by atomic mass is 79.9. The zero-order valence-corrected chi connectivity index (χ0v) is 20.5. The van der Waals surface area contributed by atoms with E-state index < -0.39 is 5.41 Å². The van der Waals surface area contributed by atoms with Crippen LogP contribution in [-0.4, -0.2) is 27.4 Å². The molecule has 0 spiro atoms. The number of nitrogens with zero attached hydrogens (tertiary/aromatic N) is 1. The van der Waals surface area contributed by atoms with Crippen molar-refractivity contribution in [3.05, 3.63) is 42.5 Å². The van der Waals surface area contributed by atoms with E-state index in [2.05, 4.69) is 44.9 Å². The minimum atomic E-state index is -0.408. The van der Waals surface area contributed by atoms with Gasteiger partial charge in [-0.25, -0.2) is 0 Å². The van der Waals surface area contributed by atoms with E-state index in [1.807, 2.05) is 30.3 Å². The molecule has 4 aliphatic rings. The standard InChI is InChI=1S/C27H29BrN2O3/c1-2-30-22-6-4-3-5-20(22)21-10-19(7-8-23(21)30)29-24(31)15-33-25(32)26-11-17-9-18(12-26)14-27(28,13-17)16-26/h3-8,10,17-18H,2,9,11-16H2,1H3,(H,29,31)/t17-,18-,26?,27?/m0/s1. The van der Waals surface area contributed by atoms with Gasteiger partial charge in [-0.05, 0) is 81.5 Å². The van der Waals surface area contributed by atoms with E-state index in [0.29, 0.717) is 11.8 Å². The van der Waals surface area contributed by atoms with Crippen LogP contribution in [0.2, 0.25) is 0 Å². The number of alkyl halides is 1. The van der Waals surface area contributed by atoms with E-state index in [-0.39, 0.29) is 22.8 Å². The third-order valence-corrected chi connectivity index (χ3v) is 9.06. The van der Waals surface area contributed by atoms with Crippen LogP contribution in [0.15, 0.2) is 42.5 Å². The Bertz CT molecular complexity index is 1270. The van der Waals surface area contributed by atoms with Gasteiger partial charge in [-0.3, -0.25) is 9.59 Å². The number of benzene rings is 2. The van der Waals surface area contributed by atoms with Gasteiger partial charge in [0.15, 0.2) is 6.61 Å². The smallest absolute Gasteiger partial charge is 0.312 e. The molecule has 33 heavy (non-hydrogen) atoms. The monoisotopic (exact) mass is 508 g/mol. The number of fused-ring (bicyclic) bond motifs is 3. The van der Waals surface area contributed by atoms with Crippen molar-refractivity contribution in [2.75, 3.05) is 11.9 Å². The molecule has 0 unspecified atom stereocenters. The highest BCUT2D eigenvalue weighted by Crippen LogP contribution is 2.64. The number of hydrogen-bond acceptors (Lipinski definition) is 3. The molecule has 0 radical (unpaired) electrons. The van der Waals surface area contributed by atoms with Crippen LogP contribution in [0.1, 0.15) is 45.4 Å². The van der Waals surface area contributed by atoms with Crippen molar-refractivity contribution in [1.82, 2.24) is 4.57 Å². The van der Waals surface area contributed by atoms with E-state index in [0.717, 1.165) is 55.2 Å². The number of rotatable bonds is 5. The van der Waals surface area contributed by atoms with Crippen molar-refractivity contribution in [2.24, 2.45) is 17.3 Å². The van der Waals surface area contributed by atoms with E-state index in [1.54, 1.807) is 0 Å². The maximum absolute atomic E-state index is 13.1. The molecule has 1 heterocycles. The van der Waals surface area contributed by atoms with Crippen LogP contribution in [0.25, 0.3) is 21.8 Å². The van der Waals surface area contributed by atoms with E-state index >= 15 is 0 Å². The van der Waals surface area contributed by atoms with Crippen LogP contribution in [0.3, 0.4) is 0 Å². The molecule has 4 fully saturated rings. The molecule has 4 aliphatic carbocycles. The van der Waals surface area contributed by atoms with Crippen LogP contribution in [0.4, 0.5) is 5.69 Å². The fraction of sp³-hybridized carbons (Fsp3) is 0.481. The molecule has 4 bridgehead atoms. The number of halogens is 1. The van der Waals surface area contributed by atoms with Crippen molar-refractivity contribution in [3.63, 3.8) is 0 Å². The summed E-state index contributed by atoms with van der Waals surface area (Å²) in [4.78, 5) is 25.8. The van der Waals surface area contributed by atoms with E-state index in [4.69, 9.17) is 4.74 Å². The van der Waals surface area contributed by atoms with Gasteiger partial charge in [-0.2, -0.15) is 0 Å². The molecule has 1 aromatic heterocycles. The second-order valence-electron chi connectivity index (χ2n) is 10.5. The molecule has 172 valence electrons. The van der Waals surface area contributed by atoms with Gasteiger partial charge < -0.3 is 14.6 Å². The molecular formula is C27H29BrN2O3. The topological polar surface area (TPSA) is 60.3 Å². The van der Waals surface area contributed by atoms with Crippen molar-refractivity contribution in [1.29, 1.82) is 0 Å². The Hall–Kier alpha value is -2.34. The average Bonchev–Trinajstić information content (AvgIpc) is 3.09. The lowest BCUT2D eigenvalue weighted by atomic mass is 9.49. The van der Waals surface area contributed by atoms with Crippen LogP contribution >= 0.6 is 15.9 Å².